The fourth-order valence-corrected chi connectivity index (χ4v) is 2.12. The van der Waals surface area contributed by atoms with Crippen molar-refractivity contribution in [3.63, 3.8) is 0 Å². The third-order valence-corrected chi connectivity index (χ3v) is 3.15. The maximum atomic E-state index is 5.36. The molecule has 0 saturated heterocycles. The Labute approximate surface area is 132 Å². The van der Waals surface area contributed by atoms with Crippen LogP contribution < -0.4 is 15.4 Å². The number of nitrogens with one attached hydrogen (secondary N) is 2. The van der Waals surface area contributed by atoms with E-state index in [0.29, 0.717) is 12.1 Å². The number of anilines is 1. The van der Waals surface area contributed by atoms with Crippen LogP contribution in [0.5, 0.6) is 5.75 Å². The molecular formula is C16H24ClN3O. The van der Waals surface area contributed by atoms with Gasteiger partial charge in [-0.1, -0.05) is 19.9 Å². The SMILES string of the molecule is COc1cc(NC(C)CNC(C)C)c2ncccc2c1.Cl. The molecule has 1 heterocycles. The molecule has 0 aliphatic carbocycles. The highest BCUT2D eigenvalue weighted by Gasteiger charge is 2.09. The van der Waals surface area contributed by atoms with Crippen molar-refractivity contribution < 1.29 is 4.74 Å². The predicted octanol–water partition coefficient (Wildman–Crippen LogP) is 3.46. The van der Waals surface area contributed by atoms with Crippen LogP contribution in [0, 0.1) is 0 Å². The van der Waals surface area contributed by atoms with Gasteiger partial charge in [-0.05, 0) is 19.1 Å². The van der Waals surface area contributed by atoms with Crippen molar-refractivity contribution in [3.8, 4) is 5.75 Å². The Bertz CT molecular complexity index is 574. The molecule has 1 aromatic carbocycles. The largest absolute Gasteiger partial charge is 0.497 e. The molecular weight excluding hydrogens is 286 g/mol. The Morgan fingerprint density at radius 3 is 2.67 bits per heavy atom. The molecule has 1 unspecified atom stereocenters. The topological polar surface area (TPSA) is 46.2 Å². The van der Waals surface area contributed by atoms with E-state index in [4.69, 9.17) is 4.74 Å². The van der Waals surface area contributed by atoms with Crippen LogP contribution in [0.25, 0.3) is 10.9 Å². The van der Waals surface area contributed by atoms with Gasteiger partial charge in [-0.2, -0.15) is 0 Å². The summed E-state index contributed by atoms with van der Waals surface area (Å²) in [4.78, 5) is 4.47. The second-order valence-corrected chi connectivity index (χ2v) is 5.36. The van der Waals surface area contributed by atoms with E-state index in [1.807, 2.05) is 30.5 Å². The van der Waals surface area contributed by atoms with Crippen LogP contribution in [0.3, 0.4) is 0 Å². The Morgan fingerprint density at radius 2 is 2.00 bits per heavy atom. The number of pyridine rings is 1. The van der Waals surface area contributed by atoms with Gasteiger partial charge in [-0.3, -0.25) is 4.98 Å². The number of rotatable bonds is 6. The molecule has 2 rings (SSSR count). The van der Waals surface area contributed by atoms with Gasteiger partial charge in [0.25, 0.3) is 0 Å². The van der Waals surface area contributed by atoms with Crippen molar-refractivity contribution in [3.05, 3.63) is 30.5 Å². The molecule has 2 aromatic rings. The zero-order valence-electron chi connectivity index (χ0n) is 13.0. The Morgan fingerprint density at radius 1 is 1.24 bits per heavy atom. The molecule has 5 heteroatoms. The van der Waals surface area contributed by atoms with E-state index >= 15 is 0 Å². The molecule has 0 saturated carbocycles. The highest BCUT2D eigenvalue weighted by atomic mass is 35.5. The molecule has 0 fully saturated rings. The molecule has 0 aliphatic heterocycles. The number of fused-ring (bicyclic) bond motifs is 1. The number of benzene rings is 1. The normalized spacial score (nSPS) is 12.0. The standard InChI is InChI=1S/C16H23N3O.ClH/c1-11(2)18-10-12(3)19-15-9-14(20-4)8-13-6-5-7-17-16(13)15;/h5-9,11-12,18-19H,10H2,1-4H3;1H. The summed E-state index contributed by atoms with van der Waals surface area (Å²) in [7, 11) is 1.69. The second-order valence-electron chi connectivity index (χ2n) is 5.36. The van der Waals surface area contributed by atoms with Crippen LogP contribution in [0.4, 0.5) is 5.69 Å². The first-order valence-electron chi connectivity index (χ1n) is 7.03. The van der Waals surface area contributed by atoms with E-state index in [1.54, 1.807) is 7.11 Å². The highest BCUT2D eigenvalue weighted by molar-refractivity contribution is 5.91. The first-order valence-corrected chi connectivity index (χ1v) is 7.03. The number of methoxy groups -OCH3 is 1. The number of nitrogens with zero attached hydrogens (tertiary/aromatic N) is 1. The average Bonchev–Trinajstić information content (AvgIpc) is 2.45. The van der Waals surface area contributed by atoms with Gasteiger partial charge in [0.2, 0.25) is 0 Å². The molecule has 0 radical (unpaired) electrons. The maximum absolute atomic E-state index is 5.36. The number of hydrogen-bond donors (Lipinski definition) is 2. The smallest absolute Gasteiger partial charge is 0.121 e. The zero-order chi connectivity index (χ0) is 14.5. The molecule has 0 aliphatic rings. The molecule has 0 spiro atoms. The molecule has 4 nitrogen and oxygen atoms in total. The number of halogens is 1. The third-order valence-electron chi connectivity index (χ3n) is 3.15. The maximum Gasteiger partial charge on any atom is 0.121 e. The Kier molecular flexibility index (Phi) is 6.72. The Hall–Kier alpha value is -1.52. The monoisotopic (exact) mass is 309 g/mol. The fraction of sp³-hybridized carbons (Fsp3) is 0.438. The van der Waals surface area contributed by atoms with E-state index in [0.717, 1.165) is 28.9 Å². The first kappa shape index (κ1) is 17.5. The molecule has 0 bridgehead atoms. The number of aromatic nitrogens is 1. The summed E-state index contributed by atoms with van der Waals surface area (Å²) in [6, 6.07) is 8.79. The van der Waals surface area contributed by atoms with Gasteiger partial charge in [-0.15, -0.1) is 12.4 Å². The molecule has 1 atom stereocenters. The average molecular weight is 310 g/mol. The van der Waals surface area contributed by atoms with Crippen LogP contribution in [-0.2, 0) is 0 Å². The molecule has 1 aromatic heterocycles. The molecule has 21 heavy (non-hydrogen) atoms. The van der Waals surface area contributed by atoms with Gasteiger partial charge in [-0.25, -0.2) is 0 Å². The van der Waals surface area contributed by atoms with Gasteiger partial charge in [0.05, 0.1) is 18.3 Å². The van der Waals surface area contributed by atoms with Crippen LogP contribution in [0.15, 0.2) is 30.5 Å². The summed E-state index contributed by atoms with van der Waals surface area (Å²) in [6.45, 7) is 7.36. The van der Waals surface area contributed by atoms with Crippen LogP contribution >= 0.6 is 12.4 Å². The number of hydrogen-bond acceptors (Lipinski definition) is 4. The van der Waals surface area contributed by atoms with Crippen molar-refractivity contribution >= 4 is 29.0 Å². The summed E-state index contributed by atoms with van der Waals surface area (Å²) < 4.78 is 5.36. The van der Waals surface area contributed by atoms with Gasteiger partial charge < -0.3 is 15.4 Å². The van der Waals surface area contributed by atoms with Gasteiger partial charge in [0, 0.05) is 36.3 Å². The summed E-state index contributed by atoms with van der Waals surface area (Å²) in [5.41, 5.74) is 1.99. The van der Waals surface area contributed by atoms with Gasteiger partial charge in [0.15, 0.2) is 0 Å². The molecule has 0 amide bonds. The lowest BCUT2D eigenvalue weighted by molar-refractivity contribution is 0.415. The minimum absolute atomic E-state index is 0. The van der Waals surface area contributed by atoms with Crippen molar-refractivity contribution in [1.29, 1.82) is 0 Å². The van der Waals surface area contributed by atoms with Crippen molar-refractivity contribution in [2.24, 2.45) is 0 Å². The van der Waals surface area contributed by atoms with Gasteiger partial charge >= 0.3 is 0 Å². The lowest BCUT2D eigenvalue weighted by Crippen LogP contribution is -2.34. The fourth-order valence-electron chi connectivity index (χ4n) is 2.12. The van der Waals surface area contributed by atoms with Crippen molar-refractivity contribution in [1.82, 2.24) is 10.3 Å². The van der Waals surface area contributed by atoms with Gasteiger partial charge in [0.1, 0.15) is 5.75 Å². The second kappa shape index (κ2) is 8.05. The van der Waals surface area contributed by atoms with Crippen LogP contribution in [0.2, 0.25) is 0 Å². The van der Waals surface area contributed by atoms with E-state index in [-0.39, 0.29) is 12.4 Å². The molecule has 2 N–H and O–H groups in total. The van der Waals surface area contributed by atoms with Crippen molar-refractivity contribution in [2.75, 3.05) is 19.0 Å². The molecule has 116 valence electrons. The minimum atomic E-state index is 0. The summed E-state index contributed by atoms with van der Waals surface area (Å²) in [5.74, 6) is 0.844. The van der Waals surface area contributed by atoms with Crippen LogP contribution in [0.1, 0.15) is 20.8 Å². The lowest BCUT2D eigenvalue weighted by atomic mass is 10.1. The summed E-state index contributed by atoms with van der Waals surface area (Å²) >= 11 is 0. The summed E-state index contributed by atoms with van der Waals surface area (Å²) in [6.07, 6.45) is 1.82. The lowest BCUT2D eigenvalue weighted by Gasteiger charge is -2.19. The van der Waals surface area contributed by atoms with E-state index in [9.17, 15) is 0 Å². The number of ether oxygens (including phenoxy) is 1. The van der Waals surface area contributed by atoms with E-state index < -0.39 is 0 Å². The van der Waals surface area contributed by atoms with E-state index in [1.165, 1.54) is 0 Å². The zero-order valence-corrected chi connectivity index (χ0v) is 13.8. The highest BCUT2D eigenvalue weighted by Crippen LogP contribution is 2.28. The minimum Gasteiger partial charge on any atom is -0.497 e. The quantitative estimate of drug-likeness (QED) is 0.858. The third kappa shape index (κ3) is 4.76. The van der Waals surface area contributed by atoms with Crippen LogP contribution in [-0.4, -0.2) is 30.7 Å². The predicted molar refractivity (Wildman–Crippen MR) is 91.8 cm³/mol. The first-order chi connectivity index (χ1) is 9.60. The van der Waals surface area contributed by atoms with Crippen molar-refractivity contribution in [2.45, 2.75) is 32.9 Å². The van der Waals surface area contributed by atoms with E-state index in [2.05, 4.69) is 36.4 Å². The summed E-state index contributed by atoms with van der Waals surface area (Å²) in [5, 5.41) is 8.02. The Balaban J connectivity index is 0.00000220.